The summed E-state index contributed by atoms with van der Waals surface area (Å²) in [5.74, 6) is 0.967. The molecule has 0 aliphatic carbocycles. The summed E-state index contributed by atoms with van der Waals surface area (Å²) < 4.78 is 0. The molecule has 0 unspecified atom stereocenters. The quantitative estimate of drug-likeness (QED) is 0.796. The van der Waals surface area contributed by atoms with Gasteiger partial charge in [0.15, 0.2) is 0 Å². The molecule has 1 rings (SSSR count). The van der Waals surface area contributed by atoms with Gasteiger partial charge in [0, 0.05) is 11.4 Å². The third kappa shape index (κ3) is 4.26. The maximum atomic E-state index is 8.90. The van der Waals surface area contributed by atoms with E-state index in [1.165, 1.54) is 4.90 Å². The number of hydrogen-bond donors (Lipinski definition) is 1. The van der Waals surface area contributed by atoms with Crippen molar-refractivity contribution in [3.05, 3.63) is 29.8 Å². The summed E-state index contributed by atoms with van der Waals surface area (Å²) in [6.45, 7) is 4.53. The van der Waals surface area contributed by atoms with E-state index in [4.69, 9.17) is 11.0 Å². The monoisotopic (exact) mass is 234 g/mol. The topological polar surface area (TPSA) is 49.8 Å². The van der Waals surface area contributed by atoms with Gasteiger partial charge in [-0.05, 0) is 43.7 Å². The van der Waals surface area contributed by atoms with Gasteiger partial charge in [-0.25, -0.2) is 0 Å². The Kier molecular flexibility index (Phi) is 4.85. The fourth-order valence-corrected chi connectivity index (χ4v) is 2.50. The van der Waals surface area contributed by atoms with Crippen LogP contribution in [-0.2, 0) is 6.54 Å². The first-order valence-electron chi connectivity index (χ1n) is 5.40. The van der Waals surface area contributed by atoms with Gasteiger partial charge < -0.3 is 5.73 Å². The largest absolute Gasteiger partial charge is 0.326 e. The van der Waals surface area contributed by atoms with E-state index < -0.39 is 0 Å². The molecule has 1 aromatic carbocycles. The van der Waals surface area contributed by atoms with Crippen molar-refractivity contribution in [2.75, 3.05) is 5.75 Å². The molecule has 0 fully saturated rings. The van der Waals surface area contributed by atoms with Gasteiger partial charge in [0.2, 0.25) is 0 Å². The van der Waals surface area contributed by atoms with Crippen LogP contribution >= 0.6 is 11.8 Å². The molecule has 0 aliphatic heterocycles. The Balaban J connectivity index is 2.46. The first-order valence-corrected chi connectivity index (χ1v) is 6.39. The summed E-state index contributed by atoms with van der Waals surface area (Å²) in [7, 11) is 0. The fraction of sp³-hybridized carbons (Fsp3) is 0.462. The van der Waals surface area contributed by atoms with Crippen LogP contribution in [0.15, 0.2) is 29.2 Å². The van der Waals surface area contributed by atoms with Crippen LogP contribution in [0.4, 0.5) is 0 Å². The normalized spacial score (nSPS) is 11.1. The van der Waals surface area contributed by atoms with Gasteiger partial charge in [-0.15, -0.1) is 11.8 Å². The molecule has 0 spiro atoms. The van der Waals surface area contributed by atoms with Gasteiger partial charge in [0.1, 0.15) is 0 Å². The predicted octanol–water partition coefficient (Wildman–Crippen LogP) is 3.18. The summed E-state index contributed by atoms with van der Waals surface area (Å²) in [4.78, 5) is 1.23. The lowest BCUT2D eigenvalue weighted by atomic mass is 9.93. The maximum Gasteiger partial charge on any atom is 0.0684 e. The average molecular weight is 234 g/mol. The molecule has 2 nitrogen and oxygen atoms in total. The minimum Gasteiger partial charge on any atom is -0.326 e. The summed E-state index contributed by atoms with van der Waals surface area (Å²) in [6.07, 6.45) is 0.904. The minimum atomic E-state index is -0.224. The van der Waals surface area contributed by atoms with Crippen molar-refractivity contribution in [3.8, 4) is 6.07 Å². The third-order valence-electron chi connectivity index (χ3n) is 2.43. The second kappa shape index (κ2) is 5.93. The van der Waals surface area contributed by atoms with Gasteiger partial charge >= 0.3 is 0 Å². The molecule has 3 heteroatoms. The smallest absolute Gasteiger partial charge is 0.0684 e. The molecule has 0 saturated carbocycles. The number of benzene rings is 1. The van der Waals surface area contributed by atoms with Crippen molar-refractivity contribution in [3.63, 3.8) is 0 Å². The molecule has 0 atom stereocenters. The lowest BCUT2D eigenvalue weighted by Gasteiger charge is -2.14. The van der Waals surface area contributed by atoms with E-state index in [2.05, 4.69) is 18.2 Å². The van der Waals surface area contributed by atoms with Crippen molar-refractivity contribution < 1.29 is 0 Å². The zero-order valence-electron chi connectivity index (χ0n) is 9.86. The molecule has 0 amide bonds. The number of nitrogens with two attached hydrogens (primary N) is 1. The van der Waals surface area contributed by atoms with Gasteiger partial charge in [-0.2, -0.15) is 5.26 Å². The number of nitrogens with zero attached hydrogens (tertiary/aromatic N) is 1. The van der Waals surface area contributed by atoms with Gasteiger partial charge in [-0.1, -0.05) is 12.1 Å². The van der Waals surface area contributed by atoms with Crippen molar-refractivity contribution in [2.24, 2.45) is 11.1 Å². The summed E-state index contributed by atoms with van der Waals surface area (Å²) >= 11 is 1.79. The standard InChI is InChI=1S/C13H18N2S/c1-13(2,10-15)6-7-16-12-5-3-4-11(8-12)9-14/h3-5,8H,6-7,9,14H2,1-2H3. The van der Waals surface area contributed by atoms with Crippen LogP contribution in [0.3, 0.4) is 0 Å². The molecule has 2 N–H and O–H groups in total. The van der Waals surface area contributed by atoms with E-state index >= 15 is 0 Å². The van der Waals surface area contributed by atoms with Crippen molar-refractivity contribution in [1.82, 2.24) is 0 Å². The SMILES string of the molecule is CC(C)(C#N)CCSc1cccc(CN)c1. The van der Waals surface area contributed by atoms with Crippen LogP contribution < -0.4 is 5.73 Å². The number of rotatable bonds is 5. The zero-order chi connectivity index (χ0) is 12.0. The van der Waals surface area contributed by atoms with E-state index in [-0.39, 0.29) is 5.41 Å². The van der Waals surface area contributed by atoms with Crippen LogP contribution in [0.1, 0.15) is 25.8 Å². The third-order valence-corrected chi connectivity index (χ3v) is 3.43. The highest BCUT2D eigenvalue weighted by Gasteiger charge is 2.15. The van der Waals surface area contributed by atoms with Gasteiger partial charge in [0.25, 0.3) is 0 Å². The van der Waals surface area contributed by atoms with E-state index in [0.717, 1.165) is 17.7 Å². The molecule has 0 bridgehead atoms. The average Bonchev–Trinajstić information content (AvgIpc) is 2.29. The fourth-order valence-electron chi connectivity index (χ4n) is 1.24. The second-order valence-electron chi connectivity index (χ2n) is 4.45. The summed E-state index contributed by atoms with van der Waals surface area (Å²) in [5, 5.41) is 8.90. The van der Waals surface area contributed by atoms with Crippen LogP contribution in [0.2, 0.25) is 0 Å². The van der Waals surface area contributed by atoms with Crippen molar-refractivity contribution in [2.45, 2.75) is 31.7 Å². The first-order chi connectivity index (χ1) is 7.57. The summed E-state index contributed by atoms with van der Waals surface area (Å²) in [5.41, 5.74) is 6.52. The molecular formula is C13H18N2S. The highest BCUT2D eigenvalue weighted by atomic mass is 32.2. The molecule has 16 heavy (non-hydrogen) atoms. The molecular weight excluding hydrogens is 216 g/mol. The van der Waals surface area contributed by atoms with E-state index in [9.17, 15) is 0 Å². The van der Waals surface area contributed by atoms with Crippen LogP contribution in [-0.4, -0.2) is 5.75 Å². The Morgan fingerprint density at radius 2 is 2.19 bits per heavy atom. The first kappa shape index (κ1) is 13.1. The summed E-state index contributed by atoms with van der Waals surface area (Å²) in [6, 6.07) is 10.6. The molecule has 0 heterocycles. The lowest BCUT2D eigenvalue weighted by molar-refractivity contribution is 0.482. The Bertz CT molecular complexity index is 380. The van der Waals surface area contributed by atoms with Crippen molar-refractivity contribution >= 4 is 11.8 Å². The Hall–Kier alpha value is -0.980. The van der Waals surface area contributed by atoms with Crippen molar-refractivity contribution in [1.29, 1.82) is 5.26 Å². The Labute approximate surface area is 102 Å². The van der Waals surface area contributed by atoms with Crippen LogP contribution in [0.5, 0.6) is 0 Å². The van der Waals surface area contributed by atoms with E-state index in [1.807, 2.05) is 26.0 Å². The van der Waals surface area contributed by atoms with Gasteiger partial charge in [-0.3, -0.25) is 0 Å². The molecule has 1 aromatic rings. The van der Waals surface area contributed by atoms with Crippen LogP contribution in [0.25, 0.3) is 0 Å². The molecule has 86 valence electrons. The zero-order valence-corrected chi connectivity index (χ0v) is 10.7. The highest BCUT2D eigenvalue weighted by molar-refractivity contribution is 7.99. The number of nitriles is 1. The lowest BCUT2D eigenvalue weighted by Crippen LogP contribution is -2.08. The molecule has 0 aliphatic rings. The number of hydrogen-bond acceptors (Lipinski definition) is 3. The van der Waals surface area contributed by atoms with E-state index in [1.54, 1.807) is 11.8 Å². The second-order valence-corrected chi connectivity index (χ2v) is 5.61. The highest BCUT2D eigenvalue weighted by Crippen LogP contribution is 2.26. The Morgan fingerprint density at radius 3 is 2.81 bits per heavy atom. The molecule has 0 radical (unpaired) electrons. The van der Waals surface area contributed by atoms with Crippen LogP contribution in [0, 0.1) is 16.7 Å². The van der Waals surface area contributed by atoms with E-state index in [0.29, 0.717) is 6.54 Å². The van der Waals surface area contributed by atoms with Gasteiger partial charge in [0.05, 0.1) is 11.5 Å². The Morgan fingerprint density at radius 1 is 1.44 bits per heavy atom. The number of thioether (sulfide) groups is 1. The maximum absolute atomic E-state index is 8.90. The molecule has 0 aromatic heterocycles. The predicted molar refractivity (Wildman–Crippen MR) is 69.1 cm³/mol. The minimum absolute atomic E-state index is 0.224. The molecule has 0 saturated heterocycles.